The maximum atomic E-state index is 13.3. The summed E-state index contributed by atoms with van der Waals surface area (Å²) in [5, 5.41) is 10.3. The quantitative estimate of drug-likeness (QED) is 0.929. The number of aliphatic hydroxyl groups is 1. The highest BCUT2D eigenvalue weighted by Gasteiger charge is 2.38. The van der Waals surface area contributed by atoms with Crippen molar-refractivity contribution in [2.45, 2.75) is 38.6 Å². The molecule has 2 aromatic rings. The summed E-state index contributed by atoms with van der Waals surface area (Å²) in [4.78, 5) is 5.83. The maximum absolute atomic E-state index is 13.3. The van der Waals surface area contributed by atoms with Crippen molar-refractivity contribution in [1.29, 1.82) is 0 Å². The number of likely N-dealkylation sites (tertiary alicyclic amines) is 1. The van der Waals surface area contributed by atoms with Gasteiger partial charge in [0.05, 0.1) is 23.7 Å². The monoisotopic (exact) mass is 341 g/mol. The molecule has 0 radical (unpaired) electrons. The average Bonchev–Trinajstić information content (AvgIpc) is 2.89. The van der Waals surface area contributed by atoms with Gasteiger partial charge < -0.3 is 14.6 Å². The van der Waals surface area contributed by atoms with Crippen LogP contribution in [-0.4, -0.2) is 45.3 Å². The zero-order valence-corrected chi connectivity index (χ0v) is 13.6. The SMILES string of the molecule is CC1CCN(C[C@H](O)Cn2c(C(F)(F)F)nc3ccccc32)CC1. The van der Waals surface area contributed by atoms with E-state index in [0.29, 0.717) is 23.5 Å². The van der Waals surface area contributed by atoms with Gasteiger partial charge in [0.15, 0.2) is 0 Å². The van der Waals surface area contributed by atoms with Crippen LogP contribution in [0.2, 0.25) is 0 Å². The van der Waals surface area contributed by atoms with E-state index in [9.17, 15) is 18.3 Å². The maximum Gasteiger partial charge on any atom is 0.449 e. The molecule has 0 spiro atoms. The Morgan fingerprint density at radius 1 is 1.21 bits per heavy atom. The van der Waals surface area contributed by atoms with Crippen molar-refractivity contribution in [2.75, 3.05) is 19.6 Å². The first kappa shape index (κ1) is 17.2. The molecule has 24 heavy (non-hydrogen) atoms. The minimum absolute atomic E-state index is 0.110. The smallest absolute Gasteiger partial charge is 0.390 e. The molecule has 132 valence electrons. The van der Waals surface area contributed by atoms with Gasteiger partial charge in [0.25, 0.3) is 0 Å². The predicted octanol–water partition coefficient (Wildman–Crippen LogP) is 3.15. The highest BCUT2D eigenvalue weighted by atomic mass is 19.4. The molecule has 1 aromatic heterocycles. The molecule has 4 nitrogen and oxygen atoms in total. The number of halogens is 3. The second-order valence-electron chi connectivity index (χ2n) is 6.67. The summed E-state index contributed by atoms with van der Waals surface area (Å²) in [6.45, 7) is 4.24. The molecular weight excluding hydrogens is 319 g/mol. The normalized spacial score (nSPS) is 19.0. The van der Waals surface area contributed by atoms with Crippen LogP contribution in [0.25, 0.3) is 11.0 Å². The largest absolute Gasteiger partial charge is 0.449 e. The number of alkyl halides is 3. The van der Waals surface area contributed by atoms with Crippen molar-refractivity contribution in [3.63, 3.8) is 0 Å². The lowest BCUT2D eigenvalue weighted by Gasteiger charge is -2.31. The molecule has 1 aromatic carbocycles. The number of para-hydroxylation sites is 2. The first-order valence-electron chi connectivity index (χ1n) is 8.27. The highest BCUT2D eigenvalue weighted by molar-refractivity contribution is 5.76. The minimum Gasteiger partial charge on any atom is -0.390 e. The van der Waals surface area contributed by atoms with E-state index in [4.69, 9.17) is 0 Å². The molecule has 1 atom stereocenters. The highest BCUT2D eigenvalue weighted by Crippen LogP contribution is 2.31. The summed E-state index contributed by atoms with van der Waals surface area (Å²) >= 11 is 0. The van der Waals surface area contributed by atoms with Gasteiger partial charge >= 0.3 is 6.18 Å². The Bertz CT molecular complexity index is 690. The number of β-amino-alcohol motifs (C(OH)–C–C–N with tert-alkyl or cyclic N) is 1. The molecule has 7 heteroatoms. The Labute approximate surface area is 138 Å². The van der Waals surface area contributed by atoms with Crippen LogP contribution >= 0.6 is 0 Å². The molecule has 0 aliphatic carbocycles. The molecule has 1 aliphatic heterocycles. The van der Waals surface area contributed by atoms with E-state index in [2.05, 4.69) is 16.8 Å². The third kappa shape index (κ3) is 3.72. The van der Waals surface area contributed by atoms with Gasteiger partial charge in [-0.3, -0.25) is 0 Å². The first-order chi connectivity index (χ1) is 11.3. The fourth-order valence-electron chi connectivity index (χ4n) is 3.29. The van der Waals surface area contributed by atoms with Crippen LogP contribution < -0.4 is 0 Å². The third-order valence-electron chi connectivity index (χ3n) is 4.65. The van der Waals surface area contributed by atoms with Gasteiger partial charge in [-0.1, -0.05) is 19.1 Å². The zero-order valence-electron chi connectivity index (χ0n) is 13.6. The number of benzene rings is 1. The lowest BCUT2D eigenvalue weighted by molar-refractivity contribution is -0.147. The van der Waals surface area contributed by atoms with Crippen molar-refractivity contribution in [3.05, 3.63) is 30.1 Å². The second kappa shape index (κ2) is 6.72. The van der Waals surface area contributed by atoms with Crippen molar-refractivity contribution in [3.8, 4) is 0 Å². The number of hydrogen-bond donors (Lipinski definition) is 1. The molecule has 1 saturated heterocycles. The average molecular weight is 341 g/mol. The van der Waals surface area contributed by atoms with Crippen LogP contribution in [0.3, 0.4) is 0 Å². The predicted molar refractivity (Wildman–Crippen MR) is 85.6 cm³/mol. The lowest BCUT2D eigenvalue weighted by atomic mass is 9.99. The van der Waals surface area contributed by atoms with Gasteiger partial charge in [0.1, 0.15) is 0 Å². The van der Waals surface area contributed by atoms with Gasteiger partial charge in [0, 0.05) is 6.54 Å². The molecule has 2 heterocycles. The van der Waals surface area contributed by atoms with Crippen molar-refractivity contribution < 1.29 is 18.3 Å². The van der Waals surface area contributed by atoms with E-state index in [1.54, 1.807) is 24.3 Å². The van der Waals surface area contributed by atoms with E-state index >= 15 is 0 Å². The second-order valence-corrected chi connectivity index (χ2v) is 6.67. The van der Waals surface area contributed by atoms with Gasteiger partial charge in [0.2, 0.25) is 5.82 Å². The van der Waals surface area contributed by atoms with E-state index in [-0.39, 0.29) is 6.54 Å². The molecule has 0 bridgehead atoms. The van der Waals surface area contributed by atoms with E-state index < -0.39 is 18.1 Å². The Balaban J connectivity index is 1.78. The molecule has 1 N–H and O–H groups in total. The van der Waals surface area contributed by atoms with E-state index in [1.807, 2.05) is 0 Å². The molecule has 0 saturated carbocycles. The fourth-order valence-corrected chi connectivity index (χ4v) is 3.29. The Kier molecular flexibility index (Phi) is 4.83. The number of aromatic nitrogens is 2. The van der Waals surface area contributed by atoms with E-state index in [0.717, 1.165) is 30.5 Å². The number of piperidine rings is 1. The summed E-state index contributed by atoms with van der Waals surface area (Å²) < 4.78 is 40.9. The standard InChI is InChI=1S/C17H22F3N3O/c1-12-6-8-22(9-7-12)10-13(24)11-23-15-5-3-2-4-14(15)21-16(23)17(18,19)20/h2-5,12-13,24H,6-11H2,1H3/t13-/m0/s1. The molecule has 0 unspecified atom stereocenters. The van der Waals surface area contributed by atoms with Crippen LogP contribution in [0.4, 0.5) is 13.2 Å². The van der Waals surface area contributed by atoms with Crippen LogP contribution in [-0.2, 0) is 12.7 Å². The van der Waals surface area contributed by atoms with Crippen LogP contribution in [0.1, 0.15) is 25.6 Å². The Hall–Kier alpha value is -1.60. The Morgan fingerprint density at radius 2 is 1.88 bits per heavy atom. The molecule has 1 aliphatic rings. The topological polar surface area (TPSA) is 41.3 Å². The van der Waals surface area contributed by atoms with Crippen LogP contribution in [0, 0.1) is 5.92 Å². The van der Waals surface area contributed by atoms with Crippen LogP contribution in [0.15, 0.2) is 24.3 Å². The molecule has 3 rings (SSSR count). The van der Waals surface area contributed by atoms with Gasteiger partial charge in [-0.25, -0.2) is 4.98 Å². The number of imidazole rings is 1. The third-order valence-corrected chi connectivity index (χ3v) is 4.65. The van der Waals surface area contributed by atoms with Gasteiger partial charge in [-0.2, -0.15) is 13.2 Å². The van der Waals surface area contributed by atoms with Gasteiger partial charge in [-0.15, -0.1) is 0 Å². The van der Waals surface area contributed by atoms with Crippen LogP contribution in [0.5, 0.6) is 0 Å². The first-order valence-corrected chi connectivity index (χ1v) is 8.27. The number of hydrogen-bond acceptors (Lipinski definition) is 3. The lowest BCUT2D eigenvalue weighted by Crippen LogP contribution is -2.40. The summed E-state index contributed by atoms with van der Waals surface area (Å²) in [5.74, 6) is -0.275. The molecule has 1 fully saturated rings. The van der Waals surface area contributed by atoms with Crippen molar-refractivity contribution >= 4 is 11.0 Å². The number of fused-ring (bicyclic) bond motifs is 1. The fraction of sp³-hybridized carbons (Fsp3) is 0.588. The molecular formula is C17H22F3N3O. The summed E-state index contributed by atoms with van der Waals surface area (Å²) in [6.07, 6.45) is -3.28. The Morgan fingerprint density at radius 3 is 2.54 bits per heavy atom. The zero-order chi connectivity index (χ0) is 17.3. The number of rotatable bonds is 4. The van der Waals surface area contributed by atoms with E-state index in [1.165, 1.54) is 0 Å². The summed E-state index contributed by atoms with van der Waals surface area (Å²) in [5.41, 5.74) is 0.694. The number of nitrogens with zero attached hydrogens (tertiary/aromatic N) is 3. The summed E-state index contributed by atoms with van der Waals surface area (Å²) in [7, 11) is 0. The number of aliphatic hydroxyl groups excluding tert-OH is 1. The summed E-state index contributed by atoms with van der Waals surface area (Å²) in [6, 6.07) is 6.50. The molecule has 0 amide bonds. The van der Waals surface area contributed by atoms with Gasteiger partial charge in [-0.05, 0) is 44.0 Å². The minimum atomic E-state index is -4.54. The van der Waals surface area contributed by atoms with Crippen molar-refractivity contribution in [1.82, 2.24) is 14.5 Å². The van der Waals surface area contributed by atoms with Crippen molar-refractivity contribution in [2.24, 2.45) is 5.92 Å².